The Morgan fingerprint density at radius 1 is 0.308 bits per heavy atom. The zero-order valence-electron chi connectivity index (χ0n) is 30.9. The Morgan fingerprint density at radius 2 is 0.692 bits per heavy atom. The van der Waals surface area contributed by atoms with E-state index in [1.54, 1.807) is 0 Å². The van der Waals surface area contributed by atoms with Crippen molar-refractivity contribution in [2.24, 2.45) is 0 Å². The van der Waals surface area contributed by atoms with Crippen LogP contribution in [0.5, 0.6) is 0 Å². The maximum absolute atomic E-state index is 2.47. The second-order valence-electron chi connectivity index (χ2n) is 16.6. The van der Waals surface area contributed by atoms with Crippen LogP contribution in [0.3, 0.4) is 0 Å². The molecule has 0 amide bonds. The Morgan fingerprint density at radius 3 is 1.21 bits per heavy atom. The van der Waals surface area contributed by atoms with Crippen LogP contribution in [-0.2, 0) is 16.2 Å². The van der Waals surface area contributed by atoms with Gasteiger partial charge in [0.15, 0.2) is 0 Å². The van der Waals surface area contributed by atoms with Gasteiger partial charge in [-0.05, 0) is 114 Å². The zero-order chi connectivity index (χ0) is 35.6. The summed E-state index contributed by atoms with van der Waals surface area (Å²) in [6.07, 6.45) is 0. The van der Waals surface area contributed by atoms with Gasteiger partial charge in [-0.2, -0.15) is 0 Å². The van der Waals surface area contributed by atoms with Crippen molar-refractivity contribution in [3.8, 4) is 44.5 Å². The van der Waals surface area contributed by atoms with Crippen molar-refractivity contribution in [2.75, 3.05) is 4.90 Å². The van der Waals surface area contributed by atoms with Gasteiger partial charge in [-0.3, -0.25) is 0 Å². The maximum Gasteiger partial charge on any atom is 0.0465 e. The van der Waals surface area contributed by atoms with Crippen LogP contribution in [0.1, 0.15) is 74.9 Å². The average molecular weight is 670 g/mol. The van der Waals surface area contributed by atoms with Gasteiger partial charge in [0.1, 0.15) is 0 Å². The van der Waals surface area contributed by atoms with Gasteiger partial charge < -0.3 is 4.90 Å². The second-order valence-corrected chi connectivity index (χ2v) is 16.6. The number of benzene rings is 7. The Kier molecular flexibility index (Phi) is 6.39. The van der Waals surface area contributed by atoms with Crippen LogP contribution in [0.25, 0.3) is 44.5 Å². The number of nitrogens with zero attached hydrogens (tertiary/aromatic N) is 1. The van der Waals surface area contributed by atoms with Crippen molar-refractivity contribution in [3.63, 3.8) is 0 Å². The normalized spacial score (nSPS) is 16.0. The Labute approximate surface area is 308 Å². The summed E-state index contributed by atoms with van der Waals surface area (Å²) < 4.78 is 0. The predicted octanol–water partition coefficient (Wildman–Crippen LogP) is 13.7. The van der Waals surface area contributed by atoms with Gasteiger partial charge in [-0.1, -0.05) is 157 Å². The molecular weight excluding hydrogens is 627 g/mol. The van der Waals surface area contributed by atoms with E-state index in [0.717, 1.165) is 5.69 Å². The lowest BCUT2D eigenvalue weighted by atomic mass is 9.79. The van der Waals surface area contributed by atoms with Gasteiger partial charge in [0.2, 0.25) is 0 Å². The molecule has 10 rings (SSSR count). The van der Waals surface area contributed by atoms with Crippen LogP contribution < -0.4 is 4.90 Å². The molecule has 0 atom stereocenters. The molecule has 0 radical (unpaired) electrons. The first kappa shape index (κ1) is 31.1. The van der Waals surface area contributed by atoms with Gasteiger partial charge in [0, 0.05) is 33.3 Å². The lowest BCUT2D eigenvalue weighted by Gasteiger charge is -2.30. The molecule has 1 nitrogen and oxygen atoms in total. The molecule has 1 heteroatoms. The molecule has 0 fully saturated rings. The number of anilines is 3. The van der Waals surface area contributed by atoms with Crippen molar-refractivity contribution in [2.45, 2.75) is 57.8 Å². The lowest BCUT2D eigenvalue weighted by Crippen LogP contribution is -2.18. The molecule has 7 aromatic rings. The molecule has 0 heterocycles. The third-order valence-electron chi connectivity index (χ3n) is 12.7. The van der Waals surface area contributed by atoms with Crippen molar-refractivity contribution < 1.29 is 0 Å². The SMILES string of the molecule is CC1(C)c2ccccc2-c2ccc(N(c3ccc(-c4cccc5c4C(C)(C)c4ccccc4-5)cc3)c3ccc4c(c3)C(C)(C)c3ccccc3-4)cc21. The molecule has 0 spiro atoms. The van der Waals surface area contributed by atoms with E-state index in [0.29, 0.717) is 0 Å². The van der Waals surface area contributed by atoms with E-state index in [1.165, 1.54) is 89.3 Å². The molecule has 3 aliphatic rings. The number of fused-ring (bicyclic) bond motifs is 9. The van der Waals surface area contributed by atoms with Gasteiger partial charge in [-0.15, -0.1) is 0 Å². The minimum Gasteiger partial charge on any atom is -0.310 e. The molecular formula is C51H43N. The van der Waals surface area contributed by atoms with E-state index in [1.807, 2.05) is 0 Å². The molecule has 0 N–H and O–H groups in total. The van der Waals surface area contributed by atoms with Crippen molar-refractivity contribution in [1.82, 2.24) is 0 Å². The third kappa shape index (κ3) is 4.17. The van der Waals surface area contributed by atoms with Crippen LogP contribution in [-0.4, -0.2) is 0 Å². The van der Waals surface area contributed by atoms with Crippen LogP contribution in [0.15, 0.2) is 152 Å². The highest BCUT2D eigenvalue weighted by atomic mass is 15.1. The maximum atomic E-state index is 2.47. The Bertz CT molecular complexity index is 2490. The van der Waals surface area contributed by atoms with E-state index < -0.39 is 0 Å². The number of rotatable bonds is 4. The molecule has 0 bridgehead atoms. The van der Waals surface area contributed by atoms with E-state index in [4.69, 9.17) is 0 Å². The molecule has 0 aliphatic heterocycles. The summed E-state index contributed by atoms with van der Waals surface area (Å²) in [6, 6.07) is 57.1. The predicted molar refractivity (Wildman–Crippen MR) is 219 cm³/mol. The first-order valence-electron chi connectivity index (χ1n) is 18.7. The van der Waals surface area contributed by atoms with E-state index in [2.05, 4.69) is 198 Å². The monoisotopic (exact) mass is 669 g/mol. The van der Waals surface area contributed by atoms with Crippen LogP contribution >= 0.6 is 0 Å². The summed E-state index contributed by atoms with van der Waals surface area (Å²) in [6.45, 7) is 14.2. The first-order valence-corrected chi connectivity index (χ1v) is 18.7. The highest BCUT2D eigenvalue weighted by molar-refractivity contribution is 5.91. The standard InChI is InChI=1S/C51H43N/c1-49(2)43-19-10-7-14-37(43)40-28-26-34(30-46(40)49)52(35-27-29-41-38-15-8-11-20-44(38)50(3,4)47(41)31-35)33-24-22-32(23-25-33)36-17-13-18-42-39-16-9-12-21-45(39)51(5,6)48(36)42/h7-31H,1-6H3. The average Bonchev–Trinajstić information content (AvgIpc) is 3.65. The summed E-state index contributed by atoms with van der Waals surface area (Å²) in [5.41, 5.74) is 22.3. The third-order valence-corrected chi connectivity index (χ3v) is 12.7. The van der Waals surface area contributed by atoms with Crippen molar-refractivity contribution >= 4 is 17.1 Å². The van der Waals surface area contributed by atoms with Gasteiger partial charge in [0.05, 0.1) is 0 Å². The molecule has 52 heavy (non-hydrogen) atoms. The molecule has 7 aromatic carbocycles. The summed E-state index contributed by atoms with van der Waals surface area (Å²) in [7, 11) is 0. The largest absolute Gasteiger partial charge is 0.310 e. The van der Waals surface area contributed by atoms with E-state index in [9.17, 15) is 0 Å². The summed E-state index contributed by atoms with van der Waals surface area (Å²) in [5.74, 6) is 0. The summed E-state index contributed by atoms with van der Waals surface area (Å²) in [5, 5.41) is 0. The first-order chi connectivity index (χ1) is 25.1. The smallest absolute Gasteiger partial charge is 0.0465 e. The lowest BCUT2D eigenvalue weighted by molar-refractivity contribution is 0.660. The number of hydrogen-bond donors (Lipinski definition) is 0. The van der Waals surface area contributed by atoms with Crippen LogP contribution in [0.2, 0.25) is 0 Å². The molecule has 0 saturated heterocycles. The topological polar surface area (TPSA) is 3.24 Å². The quantitative estimate of drug-likeness (QED) is 0.180. The molecule has 3 aliphatic carbocycles. The van der Waals surface area contributed by atoms with Crippen molar-refractivity contribution in [3.05, 3.63) is 185 Å². The minimum absolute atomic E-state index is 0.0726. The van der Waals surface area contributed by atoms with E-state index >= 15 is 0 Å². The zero-order valence-corrected chi connectivity index (χ0v) is 30.9. The molecule has 0 aromatic heterocycles. The Balaban J connectivity index is 1.13. The highest BCUT2D eigenvalue weighted by Gasteiger charge is 2.39. The minimum atomic E-state index is -0.0862. The fourth-order valence-electron chi connectivity index (χ4n) is 9.99. The van der Waals surface area contributed by atoms with Crippen molar-refractivity contribution in [1.29, 1.82) is 0 Å². The van der Waals surface area contributed by atoms with Gasteiger partial charge in [-0.25, -0.2) is 0 Å². The number of hydrogen-bond acceptors (Lipinski definition) is 1. The second kappa shape index (κ2) is 10.7. The van der Waals surface area contributed by atoms with Crippen LogP contribution in [0, 0.1) is 0 Å². The summed E-state index contributed by atoms with van der Waals surface area (Å²) in [4.78, 5) is 2.47. The molecule has 0 saturated carbocycles. The highest BCUT2D eigenvalue weighted by Crippen LogP contribution is 2.54. The summed E-state index contributed by atoms with van der Waals surface area (Å²) >= 11 is 0. The molecule has 0 unspecified atom stereocenters. The fourth-order valence-corrected chi connectivity index (χ4v) is 9.99. The van der Waals surface area contributed by atoms with E-state index in [-0.39, 0.29) is 16.2 Å². The van der Waals surface area contributed by atoms with Crippen LogP contribution in [0.4, 0.5) is 17.1 Å². The Hall–Kier alpha value is -5.66. The van der Waals surface area contributed by atoms with Gasteiger partial charge >= 0.3 is 0 Å². The van der Waals surface area contributed by atoms with Gasteiger partial charge in [0.25, 0.3) is 0 Å². The fraction of sp³-hybridized carbons (Fsp3) is 0.176. The molecule has 252 valence electrons.